The second-order valence-electron chi connectivity index (χ2n) is 6.53. The summed E-state index contributed by atoms with van der Waals surface area (Å²) in [6.07, 6.45) is 5.86. The fourth-order valence-electron chi connectivity index (χ4n) is 3.13. The highest BCUT2D eigenvalue weighted by Crippen LogP contribution is 2.27. The van der Waals surface area contributed by atoms with Crippen molar-refractivity contribution in [3.05, 3.63) is 102 Å². The topological polar surface area (TPSA) is 51.2 Å². The van der Waals surface area contributed by atoms with Crippen LogP contribution in [0.4, 0.5) is 5.69 Å². The number of fused-ring (bicyclic) bond motifs is 1. The average molecular weight is 380 g/mol. The van der Waals surface area contributed by atoms with Crippen LogP contribution in [-0.2, 0) is 0 Å². The van der Waals surface area contributed by atoms with Gasteiger partial charge in [0, 0.05) is 17.1 Å². The van der Waals surface area contributed by atoms with Gasteiger partial charge in [0.25, 0.3) is 5.91 Å². The van der Waals surface area contributed by atoms with Crippen molar-refractivity contribution in [1.29, 1.82) is 0 Å². The highest BCUT2D eigenvalue weighted by atomic mass is 16.5. The first-order valence-corrected chi connectivity index (χ1v) is 9.31. The summed E-state index contributed by atoms with van der Waals surface area (Å²) in [5, 5.41) is 3.95. The Balaban J connectivity index is 1.64. The summed E-state index contributed by atoms with van der Waals surface area (Å²) in [4.78, 5) is 17.2. The van der Waals surface area contributed by atoms with Gasteiger partial charge in [-0.15, -0.1) is 0 Å². The van der Waals surface area contributed by atoms with E-state index in [1.165, 1.54) is 0 Å². The molecule has 4 rings (SSSR count). The van der Waals surface area contributed by atoms with Gasteiger partial charge in [-0.25, -0.2) is 0 Å². The van der Waals surface area contributed by atoms with E-state index in [4.69, 9.17) is 4.74 Å². The number of hydrogen-bond donors (Lipinski definition) is 1. The van der Waals surface area contributed by atoms with Crippen LogP contribution in [0.15, 0.2) is 85.1 Å². The molecule has 1 N–H and O–H groups in total. The summed E-state index contributed by atoms with van der Waals surface area (Å²) in [6, 6.07) is 24.9. The lowest BCUT2D eigenvalue weighted by Gasteiger charge is -2.10. The van der Waals surface area contributed by atoms with Crippen LogP contribution in [0.5, 0.6) is 5.75 Å². The number of benzene rings is 3. The third kappa shape index (κ3) is 4.17. The number of methoxy groups -OCH3 is 1. The maximum Gasteiger partial charge on any atom is 0.255 e. The van der Waals surface area contributed by atoms with Crippen molar-refractivity contribution in [2.24, 2.45) is 0 Å². The fraction of sp³-hybridized carbons (Fsp3) is 0.0400. The van der Waals surface area contributed by atoms with E-state index in [9.17, 15) is 4.79 Å². The van der Waals surface area contributed by atoms with E-state index in [0.717, 1.165) is 22.0 Å². The summed E-state index contributed by atoms with van der Waals surface area (Å²) in [5.41, 5.74) is 4.16. The summed E-state index contributed by atoms with van der Waals surface area (Å²) in [7, 11) is 1.60. The molecule has 0 atom stereocenters. The van der Waals surface area contributed by atoms with Gasteiger partial charge in [0.1, 0.15) is 5.75 Å². The molecule has 4 aromatic rings. The van der Waals surface area contributed by atoms with Crippen LogP contribution in [0.1, 0.15) is 21.5 Å². The quantitative estimate of drug-likeness (QED) is 0.454. The number of anilines is 1. The molecule has 1 aromatic heterocycles. The van der Waals surface area contributed by atoms with Crippen molar-refractivity contribution in [2.75, 3.05) is 12.4 Å². The SMILES string of the molecule is COc1ccc(C(=O)Nc2ccc(C=Cc3ccccc3)c3cccnc23)cc1. The van der Waals surface area contributed by atoms with Gasteiger partial charge >= 0.3 is 0 Å². The molecule has 0 unspecified atom stereocenters. The molecule has 0 radical (unpaired) electrons. The Morgan fingerprint density at radius 1 is 0.897 bits per heavy atom. The summed E-state index contributed by atoms with van der Waals surface area (Å²) < 4.78 is 5.14. The molecule has 3 aromatic carbocycles. The number of nitrogens with one attached hydrogen (secondary N) is 1. The van der Waals surface area contributed by atoms with Gasteiger partial charge in [-0.1, -0.05) is 54.6 Å². The standard InChI is InChI=1S/C25H20N2O2/c1-29-21-14-11-20(12-15-21)25(28)27-23-16-13-19(22-8-5-17-26-24(22)23)10-9-18-6-3-2-4-7-18/h2-17H,1H3,(H,27,28). The number of aromatic nitrogens is 1. The van der Waals surface area contributed by atoms with Gasteiger partial charge in [-0.05, 0) is 47.5 Å². The van der Waals surface area contributed by atoms with Gasteiger partial charge in [-0.2, -0.15) is 0 Å². The largest absolute Gasteiger partial charge is 0.497 e. The summed E-state index contributed by atoms with van der Waals surface area (Å²) in [5.74, 6) is 0.524. The molecule has 0 aliphatic carbocycles. The number of ether oxygens (including phenoxy) is 1. The average Bonchev–Trinajstić information content (AvgIpc) is 2.79. The highest BCUT2D eigenvalue weighted by molar-refractivity contribution is 6.09. The van der Waals surface area contributed by atoms with Crippen LogP contribution in [0.25, 0.3) is 23.1 Å². The zero-order valence-corrected chi connectivity index (χ0v) is 16.0. The lowest BCUT2D eigenvalue weighted by molar-refractivity contribution is 0.102. The second-order valence-corrected chi connectivity index (χ2v) is 6.53. The molecular formula is C25H20N2O2. The van der Waals surface area contributed by atoms with Crippen LogP contribution in [0.3, 0.4) is 0 Å². The Kier molecular flexibility index (Phi) is 5.34. The molecule has 1 heterocycles. The molecular weight excluding hydrogens is 360 g/mol. The first kappa shape index (κ1) is 18.4. The van der Waals surface area contributed by atoms with Gasteiger partial charge in [0.05, 0.1) is 18.3 Å². The summed E-state index contributed by atoms with van der Waals surface area (Å²) >= 11 is 0. The number of carbonyl (C=O) groups is 1. The van der Waals surface area contributed by atoms with E-state index in [2.05, 4.69) is 34.6 Å². The smallest absolute Gasteiger partial charge is 0.255 e. The minimum atomic E-state index is -0.188. The molecule has 0 aliphatic rings. The number of hydrogen-bond acceptors (Lipinski definition) is 3. The third-order valence-electron chi connectivity index (χ3n) is 4.66. The molecule has 142 valence electrons. The summed E-state index contributed by atoms with van der Waals surface area (Å²) in [6.45, 7) is 0. The number of carbonyl (C=O) groups excluding carboxylic acids is 1. The molecule has 0 saturated heterocycles. The van der Waals surface area contributed by atoms with Crippen molar-refractivity contribution in [3.8, 4) is 5.75 Å². The Bertz CT molecular complexity index is 1170. The fourth-order valence-corrected chi connectivity index (χ4v) is 3.13. The van der Waals surface area contributed by atoms with Crippen molar-refractivity contribution in [3.63, 3.8) is 0 Å². The number of nitrogens with zero attached hydrogens (tertiary/aromatic N) is 1. The van der Waals surface area contributed by atoms with E-state index in [0.29, 0.717) is 17.0 Å². The van der Waals surface area contributed by atoms with Gasteiger partial charge in [0.15, 0.2) is 0 Å². The van der Waals surface area contributed by atoms with E-state index < -0.39 is 0 Å². The van der Waals surface area contributed by atoms with Crippen molar-refractivity contribution in [1.82, 2.24) is 4.98 Å². The van der Waals surface area contributed by atoms with E-state index in [1.807, 2.05) is 42.5 Å². The van der Waals surface area contributed by atoms with Gasteiger partial charge in [0.2, 0.25) is 0 Å². The predicted octanol–water partition coefficient (Wildman–Crippen LogP) is 5.67. The molecule has 0 bridgehead atoms. The lowest BCUT2D eigenvalue weighted by atomic mass is 10.0. The molecule has 4 heteroatoms. The van der Waals surface area contributed by atoms with Crippen LogP contribution in [0, 0.1) is 0 Å². The van der Waals surface area contributed by atoms with Gasteiger partial charge < -0.3 is 10.1 Å². The molecule has 0 aliphatic heterocycles. The van der Waals surface area contributed by atoms with E-state index in [1.54, 1.807) is 37.6 Å². The Hall–Kier alpha value is -3.92. The van der Waals surface area contributed by atoms with Crippen LogP contribution < -0.4 is 10.1 Å². The van der Waals surface area contributed by atoms with Crippen molar-refractivity contribution < 1.29 is 9.53 Å². The number of pyridine rings is 1. The Morgan fingerprint density at radius 2 is 1.69 bits per heavy atom. The second kappa shape index (κ2) is 8.40. The van der Waals surface area contributed by atoms with Crippen molar-refractivity contribution in [2.45, 2.75) is 0 Å². The van der Waals surface area contributed by atoms with Crippen molar-refractivity contribution >= 4 is 34.6 Å². The number of rotatable bonds is 5. The zero-order chi connectivity index (χ0) is 20.1. The maximum absolute atomic E-state index is 12.7. The normalized spacial score (nSPS) is 10.9. The molecule has 1 amide bonds. The highest BCUT2D eigenvalue weighted by Gasteiger charge is 2.11. The zero-order valence-electron chi connectivity index (χ0n) is 16.0. The first-order valence-electron chi connectivity index (χ1n) is 9.31. The van der Waals surface area contributed by atoms with Crippen LogP contribution in [-0.4, -0.2) is 18.0 Å². The van der Waals surface area contributed by atoms with Gasteiger partial charge in [-0.3, -0.25) is 9.78 Å². The predicted molar refractivity (Wildman–Crippen MR) is 118 cm³/mol. The van der Waals surface area contributed by atoms with E-state index in [-0.39, 0.29) is 5.91 Å². The lowest BCUT2D eigenvalue weighted by Crippen LogP contribution is -2.12. The minimum absolute atomic E-state index is 0.188. The molecule has 0 fully saturated rings. The first-order chi connectivity index (χ1) is 14.2. The molecule has 29 heavy (non-hydrogen) atoms. The van der Waals surface area contributed by atoms with Crippen LogP contribution >= 0.6 is 0 Å². The van der Waals surface area contributed by atoms with Crippen LogP contribution in [0.2, 0.25) is 0 Å². The Morgan fingerprint density at radius 3 is 2.45 bits per heavy atom. The minimum Gasteiger partial charge on any atom is -0.497 e. The molecule has 4 nitrogen and oxygen atoms in total. The monoisotopic (exact) mass is 380 g/mol. The van der Waals surface area contributed by atoms with E-state index >= 15 is 0 Å². The maximum atomic E-state index is 12.7. The molecule has 0 saturated carbocycles. The third-order valence-corrected chi connectivity index (χ3v) is 4.66. The number of amides is 1. The molecule has 0 spiro atoms. The Labute approximate surface area is 169 Å².